The first-order valence-corrected chi connectivity index (χ1v) is 9.48. The number of rotatable bonds is 7. The Hall–Kier alpha value is -2.16. The predicted molar refractivity (Wildman–Crippen MR) is 106 cm³/mol. The van der Waals surface area contributed by atoms with E-state index in [4.69, 9.17) is 10.1 Å². The van der Waals surface area contributed by atoms with Gasteiger partial charge in [0.05, 0.1) is 29.6 Å². The number of hydrogen-bond donors (Lipinski definition) is 0. The first kappa shape index (κ1) is 17.7. The minimum absolute atomic E-state index is 0.469. The van der Waals surface area contributed by atoms with Crippen molar-refractivity contribution in [3.63, 3.8) is 0 Å². The molecule has 3 rings (SSSR count). The Morgan fingerprint density at radius 3 is 2.44 bits per heavy atom. The van der Waals surface area contributed by atoms with E-state index in [1.165, 1.54) is 36.6 Å². The van der Waals surface area contributed by atoms with E-state index in [1.807, 2.05) is 12.4 Å². The largest absolute Gasteiger partial charge is 0.260 e. The zero-order valence-electron chi connectivity index (χ0n) is 15.9. The van der Waals surface area contributed by atoms with Crippen LogP contribution in [0, 0.1) is 12.8 Å². The molecule has 0 saturated heterocycles. The van der Waals surface area contributed by atoms with Crippen LogP contribution in [0.25, 0.3) is 22.2 Å². The SMILES string of the molecule is CCCC(CCC(C)C)n1ncc2cc(-c3ccc(C)cc3)ncc21. The van der Waals surface area contributed by atoms with Crippen LogP contribution in [0.5, 0.6) is 0 Å². The van der Waals surface area contributed by atoms with E-state index in [1.54, 1.807) is 0 Å². The van der Waals surface area contributed by atoms with Gasteiger partial charge in [-0.1, -0.05) is 57.0 Å². The first-order chi connectivity index (χ1) is 12.1. The molecule has 3 heteroatoms. The second-order valence-electron chi connectivity index (χ2n) is 7.50. The van der Waals surface area contributed by atoms with Gasteiger partial charge in [0, 0.05) is 10.9 Å². The molecule has 2 heterocycles. The predicted octanol–water partition coefficient (Wildman–Crippen LogP) is 6.18. The molecular formula is C22H29N3. The van der Waals surface area contributed by atoms with Crippen molar-refractivity contribution in [1.29, 1.82) is 0 Å². The maximum atomic E-state index is 4.72. The molecule has 0 radical (unpaired) electrons. The standard InChI is InChI=1S/C22H29N3/c1-5-6-20(12-7-16(2)3)25-22-15-23-21(13-19(22)14-24-25)18-10-8-17(4)9-11-18/h8-11,13-16,20H,5-7,12H2,1-4H3. The zero-order valence-corrected chi connectivity index (χ0v) is 15.9. The second kappa shape index (κ2) is 7.81. The van der Waals surface area contributed by atoms with Gasteiger partial charge in [0.25, 0.3) is 0 Å². The molecule has 25 heavy (non-hydrogen) atoms. The molecule has 0 saturated carbocycles. The second-order valence-corrected chi connectivity index (χ2v) is 7.50. The fourth-order valence-corrected chi connectivity index (χ4v) is 3.37. The summed E-state index contributed by atoms with van der Waals surface area (Å²) in [5.74, 6) is 0.729. The summed E-state index contributed by atoms with van der Waals surface area (Å²) in [5, 5.41) is 5.89. The first-order valence-electron chi connectivity index (χ1n) is 9.48. The van der Waals surface area contributed by atoms with Gasteiger partial charge in [-0.2, -0.15) is 5.10 Å². The molecule has 1 atom stereocenters. The number of aryl methyl sites for hydroxylation is 1. The Kier molecular flexibility index (Phi) is 5.52. The third-order valence-corrected chi connectivity index (χ3v) is 4.87. The summed E-state index contributed by atoms with van der Waals surface area (Å²) < 4.78 is 2.20. The minimum atomic E-state index is 0.469. The van der Waals surface area contributed by atoms with Crippen LogP contribution in [0.2, 0.25) is 0 Å². The van der Waals surface area contributed by atoms with Gasteiger partial charge in [0.1, 0.15) is 0 Å². The lowest BCUT2D eigenvalue weighted by molar-refractivity contribution is 0.371. The van der Waals surface area contributed by atoms with Crippen LogP contribution in [0.15, 0.2) is 42.7 Å². The van der Waals surface area contributed by atoms with Crippen LogP contribution in [0.1, 0.15) is 58.1 Å². The highest BCUT2D eigenvalue weighted by Gasteiger charge is 2.15. The molecule has 0 bridgehead atoms. The Bertz CT molecular complexity index is 815. The molecule has 3 aromatic rings. The summed E-state index contributed by atoms with van der Waals surface area (Å²) in [6.07, 6.45) is 8.76. The van der Waals surface area contributed by atoms with Crippen molar-refractivity contribution in [1.82, 2.24) is 14.8 Å². The van der Waals surface area contributed by atoms with Gasteiger partial charge in [0.15, 0.2) is 0 Å². The van der Waals surface area contributed by atoms with Crippen molar-refractivity contribution in [2.75, 3.05) is 0 Å². The number of hydrogen-bond acceptors (Lipinski definition) is 2. The highest BCUT2D eigenvalue weighted by atomic mass is 15.3. The van der Waals surface area contributed by atoms with Gasteiger partial charge in [-0.3, -0.25) is 9.67 Å². The van der Waals surface area contributed by atoms with Crippen LogP contribution in [-0.2, 0) is 0 Å². The van der Waals surface area contributed by atoms with Gasteiger partial charge in [0.2, 0.25) is 0 Å². The third-order valence-electron chi connectivity index (χ3n) is 4.87. The zero-order chi connectivity index (χ0) is 17.8. The molecule has 0 spiro atoms. The summed E-state index contributed by atoms with van der Waals surface area (Å²) in [6.45, 7) is 8.94. The van der Waals surface area contributed by atoms with Crippen LogP contribution >= 0.6 is 0 Å². The summed E-state index contributed by atoms with van der Waals surface area (Å²) in [7, 11) is 0. The number of nitrogens with zero attached hydrogens (tertiary/aromatic N) is 3. The average Bonchev–Trinajstić information content (AvgIpc) is 3.02. The summed E-state index contributed by atoms with van der Waals surface area (Å²) >= 11 is 0. The fourth-order valence-electron chi connectivity index (χ4n) is 3.37. The van der Waals surface area contributed by atoms with E-state index in [2.05, 4.69) is 62.7 Å². The van der Waals surface area contributed by atoms with Crippen molar-refractivity contribution in [3.8, 4) is 11.3 Å². The number of fused-ring (bicyclic) bond motifs is 1. The highest BCUT2D eigenvalue weighted by molar-refractivity contribution is 5.82. The summed E-state index contributed by atoms with van der Waals surface area (Å²) in [6, 6.07) is 11.2. The Morgan fingerprint density at radius 1 is 1.00 bits per heavy atom. The average molecular weight is 335 g/mol. The van der Waals surface area contributed by atoms with E-state index in [9.17, 15) is 0 Å². The van der Waals surface area contributed by atoms with Crippen LogP contribution in [-0.4, -0.2) is 14.8 Å². The lowest BCUT2D eigenvalue weighted by Gasteiger charge is -2.19. The lowest BCUT2D eigenvalue weighted by Crippen LogP contribution is -2.11. The van der Waals surface area contributed by atoms with E-state index in [0.29, 0.717) is 6.04 Å². The topological polar surface area (TPSA) is 30.7 Å². The van der Waals surface area contributed by atoms with Crippen molar-refractivity contribution in [3.05, 3.63) is 48.3 Å². The van der Waals surface area contributed by atoms with Crippen molar-refractivity contribution < 1.29 is 0 Å². The van der Waals surface area contributed by atoms with E-state index in [-0.39, 0.29) is 0 Å². The molecule has 0 aliphatic rings. The molecule has 132 valence electrons. The van der Waals surface area contributed by atoms with Crippen LogP contribution in [0.3, 0.4) is 0 Å². The number of aromatic nitrogens is 3. The van der Waals surface area contributed by atoms with Crippen molar-refractivity contribution >= 4 is 10.9 Å². The molecule has 0 aliphatic carbocycles. The molecule has 3 nitrogen and oxygen atoms in total. The van der Waals surface area contributed by atoms with Gasteiger partial charge in [-0.15, -0.1) is 0 Å². The Balaban J connectivity index is 1.91. The van der Waals surface area contributed by atoms with Gasteiger partial charge >= 0.3 is 0 Å². The Labute approximate surface area is 151 Å². The lowest BCUT2D eigenvalue weighted by atomic mass is 10.0. The molecule has 0 fully saturated rings. The Morgan fingerprint density at radius 2 is 1.76 bits per heavy atom. The summed E-state index contributed by atoms with van der Waals surface area (Å²) in [5.41, 5.74) is 4.59. The van der Waals surface area contributed by atoms with Gasteiger partial charge in [-0.05, 0) is 38.2 Å². The van der Waals surface area contributed by atoms with Gasteiger partial charge in [-0.25, -0.2) is 0 Å². The number of pyridine rings is 1. The third kappa shape index (κ3) is 4.09. The van der Waals surface area contributed by atoms with Crippen molar-refractivity contribution in [2.45, 2.75) is 59.4 Å². The smallest absolute Gasteiger partial charge is 0.0869 e. The maximum absolute atomic E-state index is 4.72. The number of benzene rings is 1. The maximum Gasteiger partial charge on any atom is 0.0869 e. The molecule has 0 aliphatic heterocycles. The highest BCUT2D eigenvalue weighted by Crippen LogP contribution is 2.28. The van der Waals surface area contributed by atoms with E-state index in [0.717, 1.165) is 22.7 Å². The van der Waals surface area contributed by atoms with Gasteiger partial charge < -0.3 is 0 Å². The molecule has 2 aromatic heterocycles. The molecular weight excluding hydrogens is 306 g/mol. The van der Waals surface area contributed by atoms with Crippen molar-refractivity contribution in [2.24, 2.45) is 5.92 Å². The molecule has 0 amide bonds. The molecule has 0 N–H and O–H groups in total. The molecule has 1 aromatic carbocycles. The van der Waals surface area contributed by atoms with Crippen LogP contribution < -0.4 is 0 Å². The fraction of sp³-hybridized carbons (Fsp3) is 0.455. The van der Waals surface area contributed by atoms with Crippen LogP contribution in [0.4, 0.5) is 0 Å². The monoisotopic (exact) mass is 335 g/mol. The quantitative estimate of drug-likeness (QED) is 0.516. The minimum Gasteiger partial charge on any atom is -0.260 e. The summed E-state index contributed by atoms with van der Waals surface area (Å²) in [4.78, 5) is 4.72. The normalized spacial score (nSPS) is 12.8. The molecule has 1 unspecified atom stereocenters. The van der Waals surface area contributed by atoms with E-state index < -0.39 is 0 Å². The van der Waals surface area contributed by atoms with E-state index >= 15 is 0 Å².